The van der Waals surface area contributed by atoms with Gasteiger partial charge in [-0.15, -0.1) is 0 Å². The number of ether oxygens (including phenoxy) is 1. The summed E-state index contributed by atoms with van der Waals surface area (Å²) in [5.74, 6) is 3.87. The van der Waals surface area contributed by atoms with Crippen LogP contribution in [0.15, 0.2) is 48.5 Å². The van der Waals surface area contributed by atoms with Crippen molar-refractivity contribution in [2.45, 2.75) is 11.5 Å². The van der Waals surface area contributed by atoms with Gasteiger partial charge in [-0.25, -0.2) is 0 Å². The van der Waals surface area contributed by atoms with E-state index in [9.17, 15) is 0 Å². The Morgan fingerprint density at radius 3 is 1.58 bits per heavy atom. The maximum atomic E-state index is 6.12. The van der Waals surface area contributed by atoms with Gasteiger partial charge in [-0.3, -0.25) is 0 Å². The molecule has 3 heteroatoms. The summed E-state index contributed by atoms with van der Waals surface area (Å²) >= 11 is 3.62. The highest BCUT2D eigenvalue weighted by Gasteiger charge is 2.07. The maximum Gasteiger partial charge on any atom is 0.131 e. The Hall–Kier alpha value is -1.06. The molecule has 2 rings (SSSR count). The second-order valence-corrected chi connectivity index (χ2v) is 5.92. The number of rotatable bonds is 6. The normalized spacial score (nSPS) is 10.4. The Morgan fingerprint density at radius 1 is 0.737 bits per heavy atom. The second-order valence-electron chi connectivity index (χ2n) is 4.18. The molecule has 0 spiro atoms. The molecule has 0 aliphatic rings. The van der Waals surface area contributed by atoms with Gasteiger partial charge in [-0.1, -0.05) is 36.4 Å². The van der Waals surface area contributed by atoms with Crippen LogP contribution in [-0.2, 0) is 11.5 Å². The van der Waals surface area contributed by atoms with Crippen molar-refractivity contribution in [1.82, 2.24) is 0 Å². The lowest BCUT2D eigenvalue weighted by Gasteiger charge is -2.13. The van der Waals surface area contributed by atoms with E-state index in [1.165, 1.54) is 11.1 Å². The van der Waals surface area contributed by atoms with Crippen LogP contribution in [0.25, 0.3) is 0 Å². The van der Waals surface area contributed by atoms with E-state index < -0.39 is 0 Å². The minimum absolute atomic E-state index is 0.963. The van der Waals surface area contributed by atoms with Gasteiger partial charge in [0.2, 0.25) is 0 Å². The Labute approximate surface area is 123 Å². The molecule has 100 valence electrons. The molecule has 0 radical (unpaired) electrons. The molecule has 19 heavy (non-hydrogen) atoms. The zero-order chi connectivity index (χ0) is 13.5. The molecule has 2 aromatic carbocycles. The molecule has 0 unspecified atom stereocenters. The fourth-order valence-electron chi connectivity index (χ4n) is 1.87. The first-order chi connectivity index (χ1) is 9.35. The van der Waals surface area contributed by atoms with Crippen LogP contribution in [0.5, 0.6) is 11.5 Å². The molecule has 0 aromatic heterocycles. The van der Waals surface area contributed by atoms with Gasteiger partial charge in [0.25, 0.3) is 0 Å². The average Bonchev–Trinajstić information content (AvgIpc) is 2.44. The van der Waals surface area contributed by atoms with E-state index in [2.05, 4.69) is 36.8 Å². The average molecular weight is 290 g/mol. The van der Waals surface area contributed by atoms with Crippen molar-refractivity contribution in [2.75, 3.05) is 12.5 Å². The van der Waals surface area contributed by atoms with Gasteiger partial charge in [0, 0.05) is 22.6 Å². The first-order valence-electron chi connectivity index (χ1n) is 6.16. The first-order valence-corrected chi connectivity index (χ1v) is 8.95. The highest BCUT2D eigenvalue weighted by atomic mass is 32.2. The molecule has 0 amide bonds. The lowest BCUT2D eigenvalue weighted by Crippen LogP contribution is -1.93. The van der Waals surface area contributed by atoms with Crippen LogP contribution in [0.2, 0.25) is 0 Å². The molecule has 0 fully saturated rings. The molecule has 2 aromatic rings. The maximum absolute atomic E-state index is 6.12. The topological polar surface area (TPSA) is 9.23 Å². The van der Waals surface area contributed by atoms with Crippen molar-refractivity contribution in [3.05, 3.63) is 59.7 Å². The zero-order valence-electron chi connectivity index (χ0n) is 11.3. The van der Waals surface area contributed by atoms with E-state index >= 15 is 0 Å². The van der Waals surface area contributed by atoms with Crippen molar-refractivity contribution >= 4 is 23.5 Å². The van der Waals surface area contributed by atoms with Crippen molar-refractivity contribution < 1.29 is 4.74 Å². The third-order valence-electron chi connectivity index (χ3n) is 2.76. The summed E-state index contributed by atoms with van der Waals surface area (Å²) in [6.45, 7) is 0. The first kappa shape index (κ1) is 14.4. The molecule has 0 aliphatic carbocycles. The lowest BCUT2D eigenvalue weighted by atomic mass is 10.2. The van der Waals surface area contributed by atoms with E-state index in [0.717, 1.165) is 23.0 Å². The molecule has 0 saturated heterocycles. The van der Waals surface area contributed by atoms with Crippen LogP contribution in [0.4, 0.5) is 0 Å². The van der Waals surface area contributed by atoms with Gasteiger partial charge in [0.15, 0.2) is 0 Å². The predicted octanol–water partition coefficient (Wildman–Crippen LogP) is 5.20. The predicted molar refractivity (Wildman–Crippen MR) is 87.4 cm³/mol. The van der Waals surface area contributed by atoms with E-state index in [1.54, 1.807) is 0 Å². The summed E-state index contributed by atoms with van der Waals surface area (Å²) in [6, 6.07) is 16.5. The summed E-state index contributed by atoms with van der Waals surface area (Å²) in [6.07, 6.45) is 4.22. The largest absolute Gasteiger partial charge is 0.457 e. The molecule has 0 atom stereocenters. The minimum Gasteiger partial charge on any atom is -0.457 e. The Kier molecular flexibility index (Phi) is 5.67. The molecule has 0 N–H and O–H groups in total. The van der Waals surface area contributed by atoms with Crippen molar-refractivity contribution in [3.63, 3.8) is 0 Å². The summed E-state index contributed by atoms with van der Waals surface area (Å²) in [5.41, 5.74) is 2.49. The van der Waals surface area contributed by atoms with Crippen molar-refractivity contribution in [1.29, 1.82) is 0 Å². The van der Waals surface area contributed by atoms with Gasteiger partial charge in [0.1, 0.15) is 11.5 Å². The summed E-state index contributed by atoms with van der Waals surface area (Å²) in [4.78, 5) is 0. The Balaban J connectivity index is 2.25. The Bertz CT molecular complexity index is 478. The monoisotopic (exact) mass is 290 g/mol. The standard InChI is InChI=1S/C16H18OS2/c1-18-11-13-7-3-5-9-15(13)17-16-10-6-4-8-14(16)12-19-2/h3-10H,11-12H2,1-2H3. The second kappa shape index (κ2) is 7.51. The minimum atomic E-state index is 0.963. The van der Waals surface area contributed by atoms with Gasteiger partial charge in [0.05, 0.1) is 0 Å². The van der Waals surface area contributed by atoms with E-state index in [1.807, 2.05) is 47.8 Å². The van der Waals surface area contributed by atoms with Gasteiger partial charge >= 0.3 is 0 Å². The quantitative estimate of drug-likeness (QED) is 0.723. The fraction of sp³-hybridized carbons (Fsp3) is 0.250. The smallest absolute Gasteiger partial charge is 0.131 e. The van der Waals surface area contributed by atoms with Gasteiger partial charge < -0.3 is 4.74 Å². The third kappa shape index (κ3) is 3.95. The van der Waals surface area contributed by atoms with Crippen molar-refractivity contribution in [2.24, 2.45) is 0 Å². The molecular formula is C16H18OS2. The van der Waals surface area contributed by atoms with Crippen molar-refractivity contribution in [3.8, 4) is 11.5 Å². The SMILES string of the molecule is CSCc1ccccc1Oc1ccccc1CSC. The summed E-state index contributed by atoms with van der Waals surface area (Å²) in [5, 5.41) is 0. The fourth-order valence-corrected chi connectivity index (χ4v) is 2.97. The Morgan fingerprint density at radius 2 is 1.16 bits per heavy atom. The van der Waals surface area contributed by atoms with E-state index in [0.29, 0.717) is 0 Å². The highest BCUT2D eigenvalue weighted by molar-refractivity contribution is 7.98. The molecule has 0 aliphatic heterocycles. The molecule has 0 saturated carbocycles. The zero-order valence-corrected chi connectivity index (χ0v) is 12.9. The highest BCUT2D eigenvalue weighted by Crippen LogP contribution is 2.31. The summed E-state index contributed by atoms with van der Waals surface area (Å²) in [7, 11) is 0. The molecule has 1 nitrogen and oxygen atoms in total. The number of hydrogen-bond donors (Lipinski definition) is 0. The van der Waals surface area contributed by atoms with Crippen LogP contribution >= 0.6 is 23.5 Å². The number of hydrogen-bond acceptors (Lipinski definition) is 3. The van der Waals surface area contributed by atoms with E-state index in [-0.39, 0.29) is 0 Å². The molecule has 0 heterocycles. The van der Waals surface area contributed by atoms with E-state index in [4.69, 9.17) is 4.74 Å². The van der Waals surface area contributed by atoms with Crippen LogP contribution in [0, 0.1) is 0 Å². The lowest BCUT2D eigenvalue weighted by molar-refractivity contribution is 0.474. The van der Waals surface area contributed by atoms with Crippen LogP contribution in [0.3, 0.4) is 0 Å². The third-order valence-corrected chi connectivity index (χ3v) is 3.96. The van der Waals surface area contributed by atoms with Crippen LogP contribution in [0.1, 0.15) is 11.1 Å². The van der Waals surface area contributed by atoms with Gasteiger partial charge in [-0.05, 0) is 24.6 Å². The number of thioether (sulfide) groups is 2. The molecule has 0 bridgehead atoms. The van der Waals surface area contributed by atoms with Crippen LogP contribution < -0.4 is 4.74 Å². The van der Waals surface area contributed by atoms with Crippen LogP contribution in [-0.4, -0.2) is 12.5 Å². The summed E-state index contributed by atoms with van der Waals surface area (Å²) < 4.78 is 6.12. The van der Waals surface area contributed by atoms with Gasteiger partial charge in [-0.2, -0.15) is 23.5 Å². The number of benzene rings is 2. The molecular weight excluding hydrogens is 272 g/mol. The number of para-hydroxylation sites is 2.